The van der Waals surface area contributed by atoms with Crippen LogP contribution in [0.25, 0.3) is 10.2 Å². The van der Waals surface area contributed by atoms with E-state index in [1.165, 1.54) is 28.3 Å². The third kappa shape index (κ3) is 2.67. The Morgan fingerprint density at radius 2 is 2.26 bits per heavy atom. The summed E-state index contributed by atoms with van der Waals surface area (Å²) < 4.78 is 1.67. The molecule has 4 heteroatoms. The van der Waals surface area contributed by atoms with Gasteiger partial charge in [0.25, 0.3) is 0 Å². The molecule has 2 unspecified atom stereocenters. The molecule has 1 aliphatic heterocycles. The molecule has 102 valence electrons. The zero-order valence-electron chi connectivity index (χ0n) is 11.5. The van der Waals surface area contributed by atoms with Gasteiger partial charge in [0.05, 0.1) is 15.2 Å². The lowest BCUT2D eigenvalue weighted by atomic mass is 9.94. The summed E-state index contributed by atoms with van der Waals surface area (Å²) in [5, 5.41) is 4.78. The van der Waals surface area contributed by atoms with Gasteiger partial charge in [0, 0.05) is 17.2 Å². The van der Waals surface area contributed by atoms with E-state index in [0.29, 0.717) is 10.8 Å². The van der Waals surface area contributed by atoms with Crippen molar-refractivity contribution in [3.05, 3.63) is 29.3 Å². The molecule has 2 aromatic rings. The van der Waals surface area contributed by atoms with Crippen LogP contribution in [0.3, 0.4) is 0 Å². The molecule has 1 aromatic carbocycles. The number of thioether (sulfide) groups is 1. The molecule has 0 radical (unpaired) electrons. The van der Waals surface area contributed by atoms with Crippen LogP contribution in [0.2, 0.25) is 0 Å². The molecule has 0 amide bonds. The minimum atomic E-state index is 0.368. The Hall–Kier alpha value is -0.580. The van der Waals surface area contributed by atoms with E-state index >= 15 is 0 Å². The topological polar surface area (TPSA) is 24.9 Å². The number of para-hydroxylation sites is 1. The maximum Gasteiger partial charge on any atom is 0.0954 e. The van der Waals surface area contributed by atoms with E-state index in [-0.39, 0.29) is 0 Å². The summed E-state index contributed by atoms with van der Waals surface area (Å²) in [7, 11) is 2.09. The first-order valence-electron chi connectivity index (χ1n) is 6.87. The van der Waals surface area contributed by atoms with Crippen LogP contribution in [-0.2, 0) is 6.42 Å². The van der Waals surface area contributed by atoms with Crippen molar-refractivity contribution < 1.29 is 0 Å². The summed E-state index contributed by atoms with van der Waals surface area (Å²) in [6.07, 6.45) is 3.70. The molecule has 1 saturated heterocycles. The number of benzene rings is 1. The van der Waals surface area contributed by atoms with Crippen molar-refractivity contribution in [3.63, 3.8) is 0 Å². The molecule has 2 nitrogen and oxygen atoms in total. The maximum atomic E-state index is 4.77. The van der Waals surface area contributed by atoms with E-state index in [0.717, 1.165) is 11.9 Å². The zero-order valence-corrected chi connectivity index (χ0v) is 13.1. The van der Waals surface area contributed by atoms with E-state index in [1.807, 2.05) is 11.3 Å². The van der Waals surface area contributed by atoms with Crippen molar-refractivity contribution in [1.82, 2.24) is 10.3 Å². The third-order valence-electron chi connectivity index (χ3n) is 4.05. The summed E-state index contributed by atoms with van der Waals surface area (Å²) in [5.74, 6) is 1.30. The van der Waals surface area contributed by atoms with Gasteiger partial charge in [-0.2, -0.15) is 11.8 Å². The number of likely N-dealkylation sites (N-methyl/N-ethyl adjacent to an activating group) is 1. The van der Waals surface area contributed by atoms with Gasteiger partial charge >= 0.3 is 0 Å². The van der Waals surface area contributed by atoms with Gasteiger partial charge in [0.15, 0.2) is 0 Å². The van der Waals surface area contributed by atoms with Crippen LogP contribution in [0.4, 0.5) is 0 Å². The normalized spacial score (nSPS) is 24.9. The van der Waals surface area contributed by atoms with Gasteiger partial charge < -0.3 is 5.32 Å². The average molecular weight is 292 g/mol. The lowest BCUT2D eigenvalue weighted by Gasteiger charge is -2.32. The highest BCUT2D eigenvalue weighted by Crippen LogP contribution is 2.41. The SMILES string of the molecule is CNC(Cc1nc2ccccc2s1)C1(C)CCCS1. The monoisotopic (exact) mass is 292 g/mol. The number of hydrogen-bond donors (Lipinski definition) is 1. The van der Waals surface area contributed by atoms with Crippen LogP contribution in [0, 0.1) is 0 Å². The number of nitrogens with zero attached hydrogens (tertiary/aromatic N) is 1. The highest BCUT2D eigenvalue weighted by molar-refractivity contribution is 8.00. The van der Waals surface area contributed by atoms with Gasteiger partial charge in [-0.25, -0.2) is 4.98 Å². The second-order valence-electron chi connectivity index (χ2n) is 5.39. The van der Waals surface area contributed by atoms with Crippen molar-refractivity contribution in [2.45, 2.75) is 37.0 Å². The Bertz CT molecular complexity index is 525. The summed E-state index contributed by atoms with van der Waals surface area (Å²) in [6.45, 7) is 2.40. The van der Waals surface area contributed by atoms with Gasteiger partial charge in [-0.3, -0.25) is 0 Å². The van der Waals surface area contributed by atoms with Gasteiger partial charge in [-0.05, 0) is 44.7 Å². The summed E-state index contributed by atoms with van der Waals surface area (Å²) in [6, 6.07) is 8.94. The average Bonchev–Trinajstić information content (AvgIpc) is 3.02. The molecule has 2 atom stereocenters. The highest BCUT2D eigenvalue weighted by Gasteiger charge is 2.37. The summed E-state index contributed by atoms with van der Waals surface area (Å²) in [5.41, 5.74) is 1.14. The van der Waals surface area contributed by atoms with Gasteiger partial charge in [0.1, 0.15) is 0 Å². The first-order valence-corrected chi connectivity index (χ1v) is 8.67. The minimum Gasteiger partial charge on any atom is -0.315 e. The Labute approximate surface area is 123 Å². The summed E-state index contributed by atoms with van der Waals surface area (Å²) >= 11 is 3.96. The fourth-order valence-corrected chi connectivity index (χ4v) is 5.34. The third-order valence-corrected chi connectivity index (χ3v) is 6.75. The van der Waals surface area contributed by atoms with Gasteiger partial charge in [-0.1, -0.05) is 12.1 Å². The molecule has 1 aromatic heterocycles. The van der Waals surface area contributed by atoms with Crippen molar-refractivity contribution in [2.75, 3.05) is 12.8 Å². The number of thiazole rings is 1. The number of nitrogens with one attached hydrogen (secondary N) is 1. The van der Waals surface area contributed by atoms with Crippen LogP contribution in [-0.4, -0.2) is 28.6 Å². The smallest absolute Gasteiger partial charge is 0.0954 e. The van der Waals surface area contributed by atoms with Crippen molar-refractivity contribution in [2.24, 2.45) is 0 Å². The van der Waals surface area contributed by atoms with E-state index in [4.69, 9.17) is 4.98 Å². The fourth-order valence-electron chi connectivity index (χ4n) is 2.88. The van der Waals surface area contributed by atoms with Crippen LogP contribution >= 0.6 is 23.1 Å². The molecule has 0 saturated carbocycles. The molecule has 1 aliphatic rings. The van der Waals surface area contributed by atoms with Crippen LogP contribution in [0.1, 0.15) is 24.8 Å². The quantitative estimate of drug-likeness (QED) is 0.930. The van der Waals surface area contributed by atoms with E-state index < -0.39 is 0 Å². The molecule has 0 bridgehead atoms. The van der Waals surface area contributed by atoms with E-state index in [2.05, 4.69) is 55.3 Å². The number of hydrogen-bond acceptors (Lipinski definition) is 4. The Kier molecular flexibility index (Phi) is 3.83. The second kappa shape index (κ2) is 5.43. The Balaban J connectivity index is 1.82. The predicted octanol–water partition coefficient (Wildman–Crippen LogP) is 3.71. The molecule has 1 N–H and O–H groups in total. The van der Waals surface area contributed by atoms with Gasteiger partial charge in [0.2, 0.25) is 0 Å². The molecule has 0 aliphatic carbocycles. The lowest BCUT2D eigenvalue weighted by molar-refractivity contribution is 0.424. The van der Waals surface area contributed by atoms with Crippen LogP contribution in [0.15, 0.2) is 24.3 Å². The number of aromatic nitrogens is 1. The van der Waals surface area contributed by atoms with Crippen LogP contribution < -0.4 is 5.32 Å². The molecular formula is C15H20N2S2. The van der Waals surface area contributed by atoms with Crippen molar-refractivity contribution in [1.29, 1.82) is 0 Å². The molecule has 0 spiro atoms. The van der Waals surface area contributed by atoms with Crippen molar-refractivity contribution >= 4 is 33.3 Å². The van der Waals surface area contributed by atoms with E-state index in [9.17, 15) is 0 Å². The second-order valence-corrected chi connectivity index (χ2v) is 8.13. The highest BCUT2D eigenvalue weighted by atomic mass is 32.2. The van der Waals surface area contributed by atoms with E-state index in [1.54, 1.807) is 0 Å². The minimum absolute atomic E-state index is 0.368. The summed E-state index contributed by atoms with van der Waals surface area (Å²) in [4.78, 5) is 4.77. The largest absolute Gasteiger partial charge is 0.315 e. The first-order chi connectivity index (χ1) is 9.21. The lowest BCUT2D eigenvalue weighted by Crippen LogP contribution is -2.45. The molecule has 19 heavy (non-hydrogen) atoms. The Morgan fingerprint density at radius 1 is 1.42 bits per heavy atom. The zero-order chi connectivity index (χ0) is 13.3. The van der Waals surface area contributed by atoms with Crippen molar-refractivity contribution in [3.8, 4) is 0 Å². The molecular weight excluding hydrogens is 272 g/mol. The standard InChI is InChI=1S/C15H20N2S2/c1-15(8-5-9-18-15)13(16-2)10-14-17-11-6-3-4-7-12(11)19-14/h3-4,6-7,13,16H,5,8-10H2,1-2H3. The van der Waals surface area contributed by atoms with Gasteiger partial charge in [-0.15, -0.1) is 11.3 Å². The molecule has 1 fully saturated rings. The fraction of sp³-hybridized carbons (Fsp3) is 0.533. The number of fused-ring (bicyclic) bond motifs is 1. The molecule has 3 rings (SSSR count). The predicted molar refractivity (Wildman–Crippen MR) is 86.3 cm³/mol. The van der Waals surface area contributed by atoms with Crippen LogP contribution in [0.5, 0.6) is 0 Å². The first kappa shape index (κ1) is 13.4. The Morgan fingerprint density at radius 3 is 2.95 bits per heavy atom. The number of rotatable bonds is 4. The maximum absolute atomic E-state index is 4.77. The molecule has 2 heterocycles.